The fourth-order valence-electron chi connectivity index (χ4n) is 2.11. The van der Waals surface area contributed by atoms with Crippen LogP contribution in [0.15, 0.2) is 48.7 Å². The van der Waals surface area contributed by atoms with E-state index in [1.807, 2.05) is 56.4 Å². The molecule has 1 unspecified atom stereocenters. The topological polar surface area (TPSA) is 48.1 Å². The fourth-order valence-corrected chi connectivity index (χ4v) is 2.11. The van der Waals surface area contributed by atoms with Crippen molar-refractivity contribution >= 4 is 0 Å². The number of nitrogens with zero attached hydrogens (tertiary/aromatic N) is 1. The average molecular weight is 270 g/mol. The van der Waals surface area contributed by atoms with Gasteiger partial charge in [0.2, 0.25) is 0 Å². The van der Waals surface area contributed by atoms with Crippen LogP contribution in [-0.2, 0) is 6.42 Å². The maximum absolute atomic E-state index is 6.26. The molecule has 0 saturated heterocycles. The maximum atomic E-state index is 6.26. The molecule has 0 radical (unpaired) electrons. The molecule has 2 rings (SSSR count). The summed E-state index contributed by atoms with van der Waals surface area (Å²) in [6, 6.07) is 14.0. The van der Waals surface area contributed by atoms with Crippen LogP contribution in [0.2, 0.25) is 0 Å². The van der Waals surface area contributed by atoms with Gasteiger partial charge in [-0.15, -0.1) is 0 Å². The Labute approximate surface area is 120 Å². The Balaban J connectivity index is 1.96. The third-order valence-corrected chi connectivity index (χ3v) is 3.10. The Kier molecular flexibility index (Phi) is 5.13. The standard InChI is InChI=1S/C17H22N2O/c1-13(2)20-16-8-5-6-14(12-16)17(18)10-9-15-7-3-4-11-19-15/h3-8,11-13,17H,9-10,18H2,1-2H3. The van der Waals surface area contributed by atoms with Crippen LogP contribution in [0.5, 0.6) is 5.75 Å². The zero-order valence-corrected chi connectivity index (χ0v) is 12.1. The summed E-state index contributed by atoms with van der Waals surface area (Å²) in [5.41, 5.74) is 8.45. The second-order valence-electron chi connectivity index (χ2n) is 5.21. The third kappa shape index (κ3) is 4.35. The van der Waals surface area contributed by atoms with Crippen molar-refractivity contribution in [2.45, 2.75) is 38.8 Å². The minimum Gasteiger partial charge on any atom is -0.491 e. The smallest absolute Gasteiger partial charge is 0.120 e. The van der Waals surface area contributed by atoms with E-state index >= 15 is 0 Å². The van der Waals surface area contributed by atoms with Gasteiger partial charge in [-0.2, -0.15) is 0 Å². The van der Waals surface area contributed by atoms with E-state index in [9.17, 15) is 0 Å². The number of benzene rings is 1. The summed E-state index contributed by atoms with van der Waals surface area (Å²) in [6.07, 6.45) is 3.76. The highest BCUT2D eigenvalue weighted by atomic mass is 16.5. The van der Waals surface area contributed by atoms with Crippen molar-refractivity contribution in [1.29, 1.82) is 0 Å². The average Bonchev–Trinajstić information content (AvgIpc) is 2.45. The lowest BCUT2D eigenvalue weighted by Crippen LogP contribution is -2.12. The summed E-state index contributed by atoms with van der Waals surface area (Å²) in [6.45, 7) is 4.04. The Hall–Kier alpha value is -1.87. The molecule has 106 valence electrons. The molecule has 1 atom stereocenters. The van der Waals surface area contributed by atoms with E-state index in [2.05, 4.69) is 11.1 Å². The Morgan fingerprint density at radius 1 is 1.15 bits per heavy atom. The van der Waals surface area contributed by atoms with Gasteiger partial charge in [-0.05, 0) is 56.5 Å². The second-order valence-corrected chi connectivity index (χ2v) is 5.21. The summed E-state index contributed by atoms with van der Waals surface area (Å²) >= 11 is 0. The van der Waals surface area contributed by atoms with E-state index < -0.39 is 0 Å². The molecule has 0 aliphatic carbocycles. The number of hydrogen-bond acceptors (Lipinski definition) is 3. The van der Waals surface area contributed by atoms with Crippen molar-refractivity contribution in [3.8, 4) is 5.75 Å². The molecular formula is C17H22N2O. The maximum Gasteiger partial charge on any atom is 0.120 e. The molecule has 0 fully saturated rings. The first kappa shape index (κ1) is 14.5. The molecule has 20 heavy (non-hydrogen) atoms. The lowest BCUT2D eigenvalue weighted by molar-refractivity contribution is 0.242. The predicted molar refractivity (Wildman–Crippen MR) is 81.7 cm³/mol. The Morgan fingerprint density at radius 3 is 2.70 bits per heavy atom. The molecule has 2 aromatic rings. The number of ether oxygens (including phenoxy) is 1. The first-order chi connectivity index (χ1) is 9.65. The zero-order valence-electron chi connectivity index (χ0n) is 12.1. The highest BCUT2D eigenvalue weighted by Crippen LogP contribution is 2.21. The van der Waals surface area contributed by atoms with Crippen LogP contribution in [0.25, 0.3) is 0 Å². The van der Waals surface area contributed by atoms with Crippen LogP contribution in [0, 0.1) is 0 Å². The van der Waals surface area contributed by atoms with E-state index in [0.717, 1.165) is 29.8 Å². The first-order valence-electron chi connectivity index (χ1n) is 7.07. The monoisotopic (exact) mass is 270 g/mol. The molecule has 3 nitrogen and oxygen atoms in total. The number of aryl methyl sites for hydroxylation is 1. The van der Waals surface area contributed by atoms with E-state index in [1.165, 1.54) is 0 Å². The molecule has 0 aliphatic heterocycles. The molecule has 0 spiro atoms. The van der Waals surface area contributed by atoms with Gasteiger partial charge in [0.15, 0.2) is 0 Å². The van der Waals surface area contributed by atoms with Gasteiger partial charge < -0.3 is 10.5 Å². The van der Waals surface area contributed by atoms with Crippen molar-refractivity contribution in [1.82, 2.24) is 4.98 Å². The number of nitrogens with two attached hydrogens (primary N) is 1. The summed E-state index contributed by atoms with van der Waals surface area (Å²) < 4.78 is 5.70. The van der Waals surface area contributed by atoms with Crippen LogP contribution in [-0.4, -0.2) is 11.1 Å². The van der Waals surface area contributed by atoms with Crippen LogP contribution in [0.3, 0.4) is 0 Å². The summed E-state index contributed by atoms with van der Waals surface area (Å²) in [5, 5.41) is 0. The number of hydrogen-bond donors (Lipinski definition) is 1. The van der Waals surface area contributed by atoms with Crippen molar-refractivity contribution in [3.05, 3.63) is 59.9 Å². The molecule has 0 saturated carbocycles. The van der Waals surface area contributed by atoms with Crippen LogP contribution in [0.4, 0.5) is 0 Å². The van der Waals surface area contributed by atoms with E-state index in [0.29, 0.717) is 0 Å². The molecule has 2 N–H and O–H groups in total. The normalized spacial score (nSPS) is 12.4. The quantitative estimate of drug-likeness (QED) is 0.874. The second kappa shape index (κ2) is 7.06. The van der Waals surface area contributed by atoms with Crippen LogP contribution < -0.4 is 10.5 Å². The summed E-state index contributed by atoms with van der Waals surface area (Å²) in [4.78, 5) is 4.32. The molecule has 3 heteroatoms. The highest BCUT2D eigenvalue weighted by molar-refractivity contribution is 5.30. The van der Waals surface area contributed by atoms with Crippen molar-refractivity contribution in [2.75, 3.05) is 0 Å². The minimum absolute atomic E-state index is 0.00715. The SMILES string of the molecule is CC(C)Oc1cccc(C(N)CCc2ccccn2)c1. The van der Waals surface area contributed by atoms with Gasteiger partial charge in [-0.3, -0.25) is 4.98 Å². The fraction of sp³-hybridized carbons (Fsp3) is 0.353. The molecular weight excluding hydrogens is 248 g/mol. The highest BCUT2D eigenvalue weighted by Gasteiger charge is 2.08. The van der Waals surface area contributed by atoms with Gasteiger partial charge in [-0.1, -0.05) is 18.2 Å². The Bertz CT molecular complexity index is 526. The van der Waals surface area contributed by atoms with Gasteiger partial charge in [-0.25, -0.2) is 0 Å². The van der Waals surface area contributed by atoms with Crippen LogP contribution >= 0.6 is 0 Å². The van der Waals surface area contributed by atoms with Gasteiger partial charge in [0, 0.05) is 17.9 Å². The van der Waals surface area contributed by atoms with Gasteiger partial charge in [0.1, 0.15) is 5.75 Å². The molecule has 0 bridgehead atoms. The summed E-state index contributed by atoms with van der Waals surface area (Å²) in [7, 11) is 0. The van der Waals surface area contributed by atoms with E-state index in [4.69, 9.17) is 10.5 Å². The largest absolute Gasteiger partial charge is 0.491 e. The zero-order chi connectivity index (χ0) is 14.4. The summed E-state index contributed by atoms with van der Waals surface area (Å²) in [5.74, 6) is 0.880. The Morgan fingerprint density at radius 2 is 2.00 bits per heavy atom. The molecule has 0 aliphatic rings. The molecule has 1 aromatic carbocycles. The van der Waals surface area contributed by atoms with Crippen molar-refractivity contribution < 1.29 is 4.74 Å². The molecule has 1 heterocycles. The third-order valence-electron chi connectivity index (χ3n) is 3.10. The lowest BCUT2D eigenvalue weighted by atomic mass is 10.0. The van der Waals surface area contributed by atoms with Gasteiger partial charge in [0.25, 0.3) is 0 Å². The molecule has 1 aromatic heterocycles. The van der Waals surface area contributed by atoms with Crippen LogP contribution in [0.1, 0.15) is 37.6 Å². The lowest BCUT2D eigenvalue weighted by Gasteiger charge is -2.15. The van der Waals surface area contributed by atoms with Crippen molar-refractivity contribution in [3.63, 3.8) is 0 Å². The van der Waals surface area contributed by atoms with Gasteiger partial charge in [0.05, 0.1) is 6.10 Å². The van der Waals surface area contributed by atoms with E-state index in [-0.39, 0.29) is 12.1 Å². The predicted octanol–water partition coefficient (Wildman–Crippen LogP) is 3.50. The van der Waals surface area contributed by atoms with Crippen molar-refractivity contribution in [2.24, 2.45) is 5.73 Å². The van der Waals surface area contributed by atoms with Gasteiger partial charge >= 0.3 is 0 Å². The number of aromatic nitrogens is 1. The number of pyridine rings is 1. The van der Waals surface area contributed by atoms with E-state index in [1.54, 1.807) is 0 Å². The first-order valence-corrected chi connectivity index (χ1v) is 7.07. The molecule has 0 amide bonds. The number of rotatable bonds is 6. The minimum atomic E-state index is 0.00715.